The molecular formula is C13H16O. The Balaban J connectivity index is 2.26. The van der Waals surface area contributed by atoms with Crippen LogP contribution >= 0.6 is 0 Å². The predicted octanol–water partition coefficient (Wildman–Crippen LogP) is 2.86. The number of ether oxygens (including phenoxy) is 1. The van der Waals surface area contributed by atoms with E-state index in [0.29, 0.717) is 13.2 Å². The van der Waals surface area contributed by atoms with Crippen LogP contribution in [0.25, 0.3) is 0 Å². The lowest BCUT2D eigenvalue weighted by molar-refractivity contribution is 0.101. The van der Waals surface area contributed by atoms with Gasteiger partial charge in [0.1, 0.15) is 0 Å². The van der Waals surface area contributed by atoms with E-state index in [2.05, 4.69) is 25.0 Å². The van der Waals surface area contributed by atoms with E-state index in [-0.39, 0.29) is 5.92 Å². The monoisotopic (exact) mass is 188 g/mol. The second-order valence-electron chi connectivity index (χ2n) is 3.27. The Bertz CT molecular complexity index is 284. The molecule has 0 unspecified atom stereocenters. The molecule has 0 aliphatic heterocycles. The predicted molar refractivity (Wildman–Crippen MR) is 58.7 cm³/mol. The second kappa shape index (κ2) is 6.23. The van der Waals surface area contributed by atoms with Crippen LogP contribution in [0.15, 0.2) is 30.3 Å². The van der Waals surface area contributed by atoms with Gasteiger partial charge in [0.15, 0.2) is 0 Å². The Morgan fingerprint density at radius 3 is 2.64 bits per heavy atom. The minimum absolute atomic E-state index is 0.249. The van der Waals surface area contributed by atoms with Gasteiger partial charge in [0.25, 0.3) is 0 Å². The molecule has 14 heavy (non-hydrogen) atoms. The molecule has 1 nitrogen and oxygen atoms in total. The molecule has 0 aromatic heterocycles. The standard InChI is InChI=1S/C13H16O/c1-3-12(4-2)10-14-11-13-8-6-5-7-9-13/h1,5-9,12H,4,10-11H2,2H3/t12-/m0/s1. The average molecular weight is 188 g/mol. The zero-order valence-corrected chi connectivity index (χ0v) is 8.57. The molecule has 1 aromatic rings. The summed E-state index contributed by atoms with van der Waals surface area (Å²) in [5.74, 6) is 2.96. The first-order chi connectivity index (χ1) is 6.86. The highest BCUT2D eigenvalue weighted by molar-refractivity contribution is 5.13. The van der Waals surface area contributed by atoms with Crippen LogP contribution in [0.1, 0.15) is 18.9 Å². The Labute approximate surface area is 86.1 Å². The van der Waals surface area contributed by atoms with Crippen LogP contribution in [-0.2, 0) is 11.3 Å². The van der Waals surface area contributed by atoms with Crippen molar-refractivity contribution in [2.24, 2.45) is 5.92 Å². The number of hydrogen-bond acceptors (Lipinski definition) is 1. The largest absolute Gasteiger partial charge is 0.375 e. The first-order valence-electron chi connectivity index (χ1n) is 4.94. The Morgan fingerprint density at radius 2 is 2.07 bits per heavy atom. The van der Waals surface area contributed by atoms with Gasteiger partial charge >= 0.3 is 0 Å². The summed E-state index contributed by atoms with van der Waals surface area (Å²) in [6, 6.07) is 10.1. The first kappa shape index (κ1) is 10.8. The van der Waals surface area contributed by atoms with Crippen molar-refractivity contribution < 1.29 is 4.74 Å². The van der Waals surface area contributed by atoms with Crippen molar-refractivity contribution in [1.29, 1.82) is 0 Å². The van der Waals surface area contributed by atoms with Crippen molar-refractivity contribution in [3.8, 4) is 12.3 Å². The molecule has 1 heteroatoms. The van der Waals surface area contributed by atoms with Crippen molar-refractivity contribution in [1.82, 2.24) is 0 Å². The van der Waals surface area contributed by atoms with Gasteiger partial charge in [0.2, 0.25) is 0 Å². The van der Waals surface area contributed by atoms with E-state index in [1.165, 1.54) is 5.56 Å². The van der Waals surface area contributed by atoms with Gasteiger partial charge in [-0.25, -0.2) is 0 Å². The van der Waals surface area contributed by atoms with E-state index >= 15 is 0 Å². The Kier molecular flexibility index (Phi) is 4.82. The third-order valence-corrected chi connectivity index (χ3v) is 2.16. The van der Waals surface area contributed by atoms with E-state index < -0.39 is 0 Å². The molecule has 1 aromatic carbocycles. The molecule has 0 amide bonds. The highest BCUT2D eigenvalue weighted by atomic mass is 16.5. The van der Waals surface area contributed by atoms with Gasteiger partial charge in [-0.3, -0.25) is 0 Å². The SMILES string of the molecule is C#C[C@@H](CC)COCc1ccccc1. The molecule has 0 aliphatic carbocycles. The zero-order valence-electron chi connectivity index (χ0n) is 8.57. The fourth-order valence-electron chi connectivity index (χ4n) is 1.18. The average Bonchev–Trinajstić information content (AvgIpc) is 2.26. The van der Waals surface area contributed by atoms with Gasteiger partial charge in [-0.15, -0.1) is 12.3 Å². The van der Waals surface area contributed by atoms with Crippen LogP contribution in [0.3, 0.4) is 0 Å². The Morgan fingerprint density at radius 1 is 1.36 bits per heavy atom. The summed E-state index contributed by atoms with van der Waals surface area (Å²) in [6.07, 6.45) is 6.31. The van der Waals surface area contributed by atoms with Crippen LogP contribution in [0.5, 0.6) is 0 Å². The first-order valence-corrected chi connectivity index (χ1v) is 4.94. The molecule has 74 valence electrons. The summed E-state index contributed by atoms with van der Waals surface area (Å²) >= 11 is 0. The molecule has 0 spiro atoms. The lowest BCUT2D eigenvalue weighted by atomic mass is 10.1. The topological polar surface area (TPSA) is 9.23 Å². The summed E-state index contributed by atoms with van der Waals surface area (Å²) in [5.41, 5.74) is 1.19. The summed E-state index contributed by atoms with van der Waals surface area (Å²) in [7, 11) is 0. The molecule has 0 fully saturated rings. The second-order valence-corrected chi connectivity index (χ2v) is 3.27. The van der Waals surface area contributed by atoms with Gasteiger partial charge in [-0.1, -0.05) is 37.3 Å². The maximum absolute atomic E-state index is 5.52. The molecule has 0 aliphatic rings. The summed E-state index contributed by atoms with van der Waals surface area (Å²) < 4.78 is 5.52. The van der Waals surface area contributed by atoms with Gasteiger partial charge in [-0.2, -0.15) is 0 Å². The van der Waals surface area contributed by atoms with E-state index in [0.717, 1.165) is 6.42 Å². The van der Waals surface area contributed by atoms with E-state index in [4.69, 9.17) is 11.2 Å². The molecule has 0 heterocycles. The van der Waals surface area contributed by atoms with Crippen molar-refractivity contribution in [2.45, 2.75) is 20.0 Å². The smallest absolute Gasteiger partial charge is 0.0717 e. The number of benzene rings is 1. The molecule has 0 N–H and O–H groups in total. The molecular weight excluding hydrogens is 172 g/mol. The van der Waals surface area contributed by atoms with E-state index in [1.54, 1.807) is 0 Å². The van der Waals surface area contributed by atoms with Gasteiger partial charge in [0, 0.05) is 5.92 Å². The van der Waals surface area contributed by atoms with Crippen molar-refractivity contribution in [2.75, 3.05) is 6.61 Å². The molecule has 0 saturated heterocycles. The lowest BCUT2D eigenvalue weighted by Crippen LogP contribution is -2.06. The van der Waals surface area contributed by atoms with E-state index in [9.17, 15) is 0 Å². The van der Waals surface area contributed by atoms with Crippen molar-refractivity contribution in [3.05, 3.63) is 35.9 Å². The van der Waals surface area contributed by atoms with Crippen LogP contribution in [0, 0.1) is 18.3 Å². The van der Waals surface area contributed by atoms with Crippen molar-refractivity contribution in [3.63, 3.8) is 0 Å². The highest BCUT2D eigenvalue weighted by Gasteiger charge is 2.01. The molecule has 0 radical (unpaired) electrons. The van der Waals surface area contributed by atoms with Crippen LogP contribution in [0.4, 0.5) is 0 Å². The van der Waals surface area contributed by atoms with Crippen LogP contribution in [0.2, 0.25) is 0 Å². The molecule has 1 atom stereocenters. The zero-order chi connectivity index (χ0) is 10.2. The minimum atomic E-state index is 0.249. The fraction of sp³-hybridized carbons (Fsp3) is 0.385. The summed E-state index contributed by atoms with van der Waals surface area (Å²) in [4.78, 5) is 0. The van der Waals surface area contributed by atoms with Gasteiger partial charge in [-0.05, 0) is 12.0 Å². The maximum Gasteiger partial charge on any atom is 0.0717 e. The Hall–Kier alpha value is -1.26. The summed E-state index contributed by atoms with van der Waals surface area (Å²) in [5, 5.41) is 0. The normalized spacial score (nSPS) is 12.0. The number of rotatable bonds is 5. The van der Waals surface area contributed by atoms with Crippen molar-refractivity contribution >= 4 is 0 Å². The molecule has 1 rings (SSSR count). The van der Waals surface area contributed by atoms with Gasteiger partial charge in [0.05, 0.1) is 13.2 Å². The quantitative estimate of drug-likeness (QED) is 0.646. The third kappa shape index (κ3) is 3.64. The summed E-state index contributed by atoms with van der Waals surface area (Å²) in [6.45, 7) is 3.39. The lowest BCUT2D eigenvalue weighted by Gasteiger charge is -2.08. The maximum atomic E-state index is 5.52. The highest BCUT2D eigenvalue weighted by Crippen LogP contribution is 2.05. The number of terminal acetylenes is 1. The minimum Gasteiger partial charge on any atom is -0.375 e. The third-order valence-electron chi connectivity index (χ3n) is 2.16. The number of hydrogen-bond donors (Lipinski definition) is 0. The fourth-order valence-corrected chi connectivity index (χ4v) is 1.18. The molecule has 0 bridgehead atoms. The van der Waals surface area contributed by atoms with Gasteiger partial charge < -0.3 is 4.74 Å². The van der Waals surface area contributed by atoms with Crippen LogP contribution in [-0.4, -0.2) is 6.61 Å². The van der Waals surface area contributed by atoms with Crippen LogP contribution < -0.4 is 0 Å². The molecule has 0 saturated carbocycles. The van der Waals surface area contributed by atoms with E-state index in [1.807, 2.05) is 18.2 Å².